The monoisotopic (exact) mass is 730 g/mol. The van der Waals surface area contributed by atoms with Gasteiger partial charge in [0.25, 0.3) is 0 Å². The summed E-state index contributed by atoms with van der Waals surface area (Å²) in [5.41, 5.74) is 11.4. The molecule has 11 rings (SSSR count). The molecule has 6 nitrogen and oxygen atoms in total. The molecule has 0 N–H and O–H groups in total. The maximum atomic E-state index is 10.9. The predicted octanol–water partition coefficient (Wildman–Crippen LogP) is 13.6. The molecule has 4 aromatic heterocycles. The van der Waals surface area contributed by atoms with Gasteiger partial charge in [-0.05, 0) is 79.2 Å². The summed E-state index contributed by atoms with van der Waals surface area (Å²) in [5.74, 6) is 0.708. The molecule has 11 aromatic rings. The summed E-state index contributed by atoms with van der Waals surface area (Å²) < 4.78 is 17.2. The standard InChI is InChI=1S/C51H30N4O2/c1-3-12-38-44(4-2)56-46-26-25-42-47(49(38)46)36-15-5-9-19-41(36)55(42)50-31(28-52)13-11-17-33(50)30-21-23-39(32(27-30)29-53)54-40-18-8-6-16-37(40)48-43(54)24-22-35-34-14-7-10-20-45(34)57-51(35)48/h3-27H,2H2,1H3/b12-3-. The number of fused-ring (bicyclic) bond motifs is 12. The first-order chi connectivity index (χ1) is 28.1. The van der Waals surface area contributed by atoms with Crippen molar-refractivity contribution in [2.75, 3.05) is 0 Å². The van der Waals surface area contributed by atoms with Gasteiger partial charge in [0, 0.05) is 43.4 Å². The summed E-state index contributed by atoms with van der Waals surface area (Å²) in [6.07, 6.45) is 5.82. The highest BCUT2D eigenvalue weighted by Crippen LogP contribution is 2.45. The number of allylic oxidation sites excluding steroid dienone is 1. The third-order valence-corrected chi connectivity index (χ3v) is 11.3. The van der Waals surface area contributed by atoms with Crippen LogP contribution < -0.4 is 0 Å². The van der Waals surface area contributed by atoms with Crippen molar-refractivity contribution < 1.29 is 8.83 Å². The average Bonchev–Trinajstić information content (AvgIpc) is 4.00. The minimum absolute atomic E-state index is 0.503. The van der Waals surface area contributed by atoms with Crippen LogP contribution in [0.1, 0.15) is 29.4 Å². The molecule has 0 fully saturated rings. The lowest BCUT2D eigenvalue weighted by molar-refractivity contribution is 0.603. The third-order valence-electron chi connectivity index (χ3n) is 11.3. The Morgan fingerprint density at radius 1 is 0.579 bits per heavy atom. The molecular formula is C51H30N4O2. The van der Waals surface area contributed by atoms with E-state index in [0.717, 1.165) is 105 Å². The van der Waals surface area contributed by atoms with E-state index in [4.69, 9.17) is 8.83 Å². The van der Waals surface area contributed by atoms with Gasteiger partial charge >= 0.3 is 0 Å². The molecule has 0 spiro atoms. The predicted molar refractivity (Wildman–Crippen MR) is 232 cm³/mol. The quantitative estimate of drug-likeness (QED) is 0.176. The van der Waals surface area contributed by atoms with Gasteiger partial charge in [0.15, 0.2) is 0 Å². The topological polar surface area (TPSA) is 83.7 Å². The Morgan fingerprint density at radius 2 is 1.28 bits per heavy atom. The van der Waals surface area contributed by atoms with Gasteiger partial charge in [-0.1, -0.05) is 91.5 Å². The number of hydrogen-bond donors (Lipinski definition) is 0. The van der Waals surface area contributed by atoms with Crippen molar-refractivity contribution in [1.29, 1.82) is 10.5 Å². The van der Waals surface area contributed by atoms with E-state index in [1.54, 1.807) is 6.08 Å². The first-order valence-electron chi connectivity index (χ1n) is 18.8. The molecule has 0 radical (unpaired) electrons. The van der Waals surface area contributed by atoms with Crippen LogP contribution in [0, 0.1) is 22.7 Å². The molecule has 0 aliphatic rings. The van der Waals surface area contributed by atoms with Gasteiger partial charge in [0.05, 0.1) is 50.0 Å². The molecule has 57 heavy (non-hydrogen) atoms. The Balaban J connectivity index is 1.17. The van der Waals surface area contributed by atoms with Crippen molar-refractivity contribution >= 4 is 88.7 Å². The van der Waals surface area contributed by atoms with Crippen LogP contribution in [0.4, 0.5) is 0 Å². The number of para-hydroxylation sites is 4. The Bertz CT molecular complexity index is 3650. The van der Waals surface area contributed by atoms with Crippen LogP contribution in [0.2, 0.25) is 0 Å². The Hall–Kier alpha value is -8.06. The molecule has 0 amide bonds. The van der Waals surface area contributed by atoms with Gasteiger partial charge in [-0.3, -0.25) is 0 Å². The van der Waals surface area contributed by atoms with Gasteiger partial charge in [0.2, 0.25) is 0 Å². The van der Waals surface area contributed by atoms with Crippen molar-refractivity contribution in [3.05, 3.63) is 169 Å². The Kier molecular flexibility index (Phi) is 6.95. The molecule has 7 aromatic carbocycles. The number of furan rings is 2. The van der Waals surface area contributed by atoms with Crippen LogP contribution in [0.5, 0.6) is 0 Å². The summed E-state index contributed by atoms with van der Waals surface area (Å²) in [4.78, 5) is 0. The van der Waals surface area contributed by atoms with E-state index in [9.17, 15) is 10.5 Å². The fraction of sp³-hybridized carbons (Fsp3) is 0.0196. The molecular weight excluding hydrogens is 701 g/mol. The summed E-state index contributed by atoms with van der Waals surface area (Å²) in [6, 6.07) is 49.8. The van der Waals surface area contributed by atoms with Crippen LogP contribution >= 0.6 is 0 Å². The number of nitriles is 2. The third kappa shape index (κ3) is 4.44. The first-order valence-corrected chi connectivity index (χ1v) is 18.8. The summed E-state index contributed by atoms with van der Waals surface area (Å²) in [6.45, 7) is 6.01. The lowest BCUT2D eigenvalue weighted by atomic mass is 9.97. The fourth-order valence-corrected chi connectivity index (χ4v) is 9.01. The zero-order valence-electron chi connectivity index (χ0n) is 30.7. The molecule has 0 saturated carbocycles. The molecule has 0 saturated heterocycles. The molecule has 4 heterocycles. The zero-order chi connectivity index (χ0) is 38.4. The smallest absolute Gasteiger partial charge is 0.145 e. The second kappa shape index (κ2) is 12.2. The van der Waals surface area contributed by atoms with Crippen LogP contribution in [-0.2, 0) is 0 Å². The van der Waals surface area contributed by atoms with Gasteiger partial charge in [0.1, 0.15) is 34.6 Å². The molecule has 6 heteroatoms. The molecule has 0 unspecified atom stereocenters. The van der Waals surface area contributed by atoms with Crippen LogP contribution in [0.3, 0.4) is 0 Å². The van der Waals surface area contributed by atoms with Gasteiger partial charge in [-0.25, -0.2) is 0 Å². The van der Waals surface area contributed by atoms with E-state index >= 15 is 0 Å². The molecule has 0 aliphatic carbocycles. The van der Waals surface area contributed by atoms with Gasteiger partial charge in [-0.2, -0.15) is 10.5 Å². The summed E-state index contributed by atoms with van der Waals surface area (Å²) in [5, 5.41) is 28.8. The van der Waals surface area contributed by atoms with Crippen LogP contribution in [-0.4, -0.2) is 9.13 Å². The van der Waals surface area contributed by atoms with Crippen molar-refractivity contribution in [1.82, 2.24) is 9.13 Å². The number of hydrogen-bond acceptors (Lipinski definition) is 4. The van der Waals surface area contributed by atoms with E-state index in [1.165, 1.54) is 0 Å². The highest BCUT2D eigenvalue weighted by Gasteiger charge is 2.24. The maximum Gasteiger partial charge on any atom is 0.145 e. The Morgan fingerprint density at radius 3 is 2.05 bits per heavy atom. The lowest BCUT2D eigenvalue weighted by Gasteiger charge is -2.17. The van der Waals surface area contributed by atoms with Crippen LogP contribution in [0.15, 0.2) is 155 Å². The molecule has 0 atom stereocenters. The zero-order valence-corrected chi connectivity index (χ0v) is 30.7. The van der Waals surface area contributed by atoms with Crippen molar-refractivity contribution in [3.8, 4) is 34.6 Å². The normalized spacial score (nSPS) is 11.9. The Labute approximate surface area is 326 Å². The minimum Gasteiger partial charge on any atom is -0.456 e. The highest BCUT2D eigenvalue weighted by molar-refractivity contribution is 6.25. The van der Waals surface area contributed by atoms with E-state index in [1.807, 2.05) is 91.9 Å². The van der Waals surface area contributed by atoms with Crippen LogP contribution in [0.25, 0.3) is 111 Å². The molecule has 266 valence electrons. The summed E-state index contributed by atoms with van der Waals surface area (Å²) >= 11 is 0. The largest absolute Gasteiger partial charge is 0.456 e. The van der Waals surface area contributed by atoms with E-state index in [0.29, 0.717) is 16.9 Å². The summed E-state index contributed by atoms with van der Waals surface area (Å²) in [7, 11) is 0. The highest BCUT2D eigenvalue weighted by atomic mass is 16.3. The maximum absolute atomic E-state index is 10.9. The number of benzene rings is 7. The van der Waals surface area contributed by atoms with E-state index in [2.05, 4.69) is 88.5 Å². The SMILES string of the molecule is C=Cc1oc2ccc3c(c4ccccc4n3-c3c(C#N)cccc3-c3ccc(-n4c5ccccc5c5c6oc7ccccc7c6ccc54)c(C#N)c3)c2c1/C=C\C. The minimum atomic E-state index is 0.503. The molecule has 0 bridgehead atoms. The number of aromatic nitrogens is 2. The van der Waals surface area contributed by atoms with Crippen molar-refractivity contribution in [3.63, 3.8) is 0 Å². The second-order valence-electron chi connectivity index (χ2n) is 14.2. The van der Waals surface area contributed by atoms with Gasteiger partial charge < -0.3 is 18.0 Å². The number of rotatable bonds is 5. The average molecular weight is 731 g/mol. The second-order valence-corrected chi connectivity index (χ2v) is 14.2. The van der Waals surface area contributed by atoms with Crippen molar-refractivity contribution in [2.45, 2.75) is 6.92 Å². The fourth-order valence-electron chi connectivity index (χ4n) is 9.01. The lowest BCUT2D eigenvalue weighted by Crippen LogP contribution is -2.02. The van der Waals surface area contributed by atoms with E-state index in [-0.39, 0.29) is 0 Å². The number of nitrogens with zero attached hydrogens (tertiary/aromatic N) is 4. The van der Waals surface area contributed by atoms with Crippen molar-refractivity contribution in [2.24, 2.45) is 0 Å². The molecule has 0 aliphatic heterocycles. The first kappa shape index (κ1) is 32.4. The van der Waals surface area contributed by atoms with Gasteiger partial charge in [-0.15, -0.1) is 0 Å². The van der Waals surface area contributed by atoms with E-state index < -0.39 is 0 Å².